The number of nitrogens with zero attached hydrogens (tertiary/aromatic N) is 4. The summed E-state index contributed by atoms with van der Waals surface area (Å²) in [6, 6.07) is 14.4. The minimum Gasteiger partial charge on any atom is -0.399 e. The van der Waals surface area contributed by atoms with Gasteiger partial charge in [-0.2, -0.15) is 0 Å². The van der Waals surface area contributed by atoms with Crippen molar-refractivity contribution in [1.29, 1.82) is 0 Å². The highest BCUT2D eigenvalue weighted by Gasteiger charge is 2.20. The van der Waals surface area contributed by atoms with Crippen LogP contribution in [0.3, 0.4) is 0 Å². The molecular formula is C26H35N7. The molecule has 0 bridgehead atoms. The maximum absolute atomic E-state index is 5.97. The number of piperidine rings is 1. The van der Waals surface area contributed by atoms with Crippen LogP contribution in [0, 0.1) is 5.92 Å². The van der Waals surface area contributed by atoms with Crippen molar-refractivity contribution in [1.82, 2.24) is 20.2 Å². The summed E-state index contributed by atoms with van der Waals surface area (Å²) >= 11 is 0. The quantitative estimate of drug-likeness (QED) is 0.501. The second-order valence-corrected chi connectivity index (χ2v) is 9.42. The maximum atomic E-state index is 5.97. The molecule has 0 radical (unpaired) electrons. The number of nitrogen functional groups attached to an aromatic ring is 2. The van der Waals surface area contributed by atoms with Gasteiger partial charge in [0, 0.05) is 61.6 Å². The zero-order chi connectivity index (χ0) is 22.6. The van der Waals surface area contributed by atoms with Crippen molar-refractivity contribution in [2.75, 3.05) is 62.2 Å². The summed E-state index contributed by atoms with van der Waals surface area (Å²) < 4.78 is 0. The monoisotopic (exact) mass is 445 g/mol. The Kier molecular flexibility index (Phi) is 6.60. The molecule has 5 N–H and O–H groups in total. The van der Waals surface area contributed by atoms with E-state index in [1.807, 2.05) is 18.2 Å². The SMILES string of the molecule is Nc1ccc2c(-c3ccc(N4CCC(CCCN5CCNCC5)CC4)cc3)nc(N)nc2c1. The summed E-state index contributed by atoms with van der Waals surface area (Å²) in [6.45, 7) is 8.25. The second kappa shape index (κ2) is 9.93. The van der Waals surface area contributed by atoms with Crippen molar-refractivity contribution in [3.8, 4) is 11.3 Å². The Balaban J connectivity index is 1.18. The fourth-order valence-electron chi connectivity index (χ4n) is 5.23. The lowest BCUT2D eigenvalue weighted by atomic mass is 9.91. The fraction of sp³-hybridized carbons (Fsp3) is 0.462. The van der Waals surface area contributed by atoms with Crippen LogP contribution in [-0.4, -0.2) is 60.7 Å². The molecule has 2 fully saturated rings. The number of nitrogens with one attached hydrogen (secondary N) is 1. The molecular weight excluding hydrogens is 410 g/mol. The molecule has 3 heterocycles. The van der Waals surface area contributed by atoms with Gasteiger partial charge in [0.2, 0.25) is 5.95 Å². The number of hydrogen-bond donors (Lipinski definition) is 3. The first kappa shape index (κ1) is 21.9. The van der Waals surface area contributed by atoms with E-state index >= 15 is 0 Å². The zero-order valence-electron chi connectivity index (χ0n) is 19.3. The molecule has 0 amide bonds. The Morgan fingerprint density at radius 1 is 0.909 bits per heavy atom. The van der Waals surface area contributed by atoms with E-state index in [1.165, 1.54) is 51.0 Å². The summed E-state index contributed by atoms with van der Waals surface area (Å²) in [6.07, 6.45) is 5.28. The van der Waals surface area contributed by atoms with Crippen molar-refractivity contribution in [2.45, 2.75) is 25.7 Å². The topological polar surface area (TPSA) is 96.3 Å². The van der Waals surface area contributed by atoms with Gasteiger partial charge in [-0.15, -0.1) is 0 Å². The minimum atomic E-state index is 0.270. The van der Waals surface area contributed by atoms with E-state index < -0.39 is 0 Å². The first-order valence-corrected chi connectivity index (χ1v) is 12.3. The van der Waals surface area contributed by atoms with Crippen LogP contribution in [0.4, 0.5) is 17.3 Å². The van der Waals surface area contributed by atoms with E-state index in [-0.39, 0.29) is 5.95 Å². The lowest BCUT2D eigenvalue weighted by Crippen LogP contribution is -2.43. The third-order valence-corrected chi connectivity index (χ3v) is 7.16. The van der Waals surface area contributed by atoms with Crippen LogP contribution in [0.1, 0.15) is 25.7 Å². The smallest absolute Gasteiger partial charge is 0.221 e. The molecule has 2 aromatic carbocycles. The highest BCUT2D eigenvalue weighted by molar-refractivity contribution is 5.94. The fourth-order valence-corrected chi connectivity index (χ4v) is 5.23. The van der Waals surface area contributed by atoms with Crippen molar-refractivity contribution < 1.29 is 0 Å². The number of aromatic nitrogens is 2. The highest BCUT2D eigenvalue weighted by Crippen LogP contribution is 2.31. The van der Waals surface area contributed by atoms with Crippen LogP contribution in [0.25, 0.3) is 22.2 Å². The summed E-state index contributed by atoms with van der Waals surface area (Å²) in [5.74, 6) is 1.14. The van der Waals surface area contributed by atoms with E-state index in [1.54, 1.807) is 0 Å². The standard InChI is InChI=1S/C26H35N7/c27-21-5-8-23-24(18-21)30-26(28)31-25(23)20-3-6-22(7-4-20)33-14-9-19(10-15-33)2-1-13-32-16-11-29-12-17-32/h3-8,18-19,29H,1-2,9-17,27H2,(H2,28,30,31). The number of hydrogen-bond acceptors (Lipinski definition) is 7. The third-order valence-electron chi connectivity index (χ3n) is 7.16. The molecule has 1 aromatic heterocycles. The van der Waals surface area contributed by atoms with Gasteiger partial charge in [0.1, 0.15) is 0 Å². The Labute approximate surface area is 196 Å². The average molecular weight is 446 g/mol. The normalized spacial score (nSPS) is 18.1. The van der Waals surface area contributed by atoms with Crippen LogP contribution in [-0.2, 0) is 0 Å². The molecule has 0 spiro atoms. The van der Waals surface area contributed by atoms with E-state index in [4.69, 9.17) is 11.5 Å². The van der Waals surface area contributed by atoms with Gasteiger partial charge in [-0.3, -0.25) is 0 Å². The van der Waals surface area contributed by atoms with Crippen LogP contribution in [0.2, 0.25) is 0 Å². The molecule has 7 heteroatoms. The van der Waals surface area contributed by atoms with Gasteiger partial charge in [0.25, 0.3) is 0 Å². The van der Waals surface area contributed by atoms with Gasteiger partial charge < -0.3 is 26.6 Å². The van der Waals surface area contributed by atoms with Crippen molar-refractivity contribution in [3.63, 3.8) is 0 Å². The first-order valence-electron chi connectivity index (χ1n) is 12.3. The van der Waals surface area contributed by atoms with Crippen molar-refractivity contribution >= 4 is 28.2 Å². The van der Waals surface area contributed by atoms with Gasteiger partial charge in [-0.05, 0) is 68.5 Å². The molecule has 7 nitrogen and oxygen atoms in total. The molecule has 0 atom stereocenters. The zero-order valence-corrected chi connectivity index (χ0v) is 19.3. The van der Waals surface area contributed by atoms with Gasteiger partial charge in [0.15, 0.2) is 0 Å². The molecule has 2 aliphatic heterocycles. The van der Waals surface area contributed by atoms with E-state index in [0.717, 1.165) is 54.3 Å². The van der Waals surface area contributed by atoms with Crippen molar-refractivity contribution in [3.05, 3.63) is 42.5 Å². The number of nitrogens with two attached hydrogens (primary N) is 2. The third kappa shape index (κ3) is 5.20. The number of benzene rings is 2. The number of anilines is 3. The molecule has 33 heavy (non-hydrogen) atoms. The highest BCUT2D eigenvalue weighted by atomic mass is 15.2. The largest absolute Gasteiger partial charge is 0.399 e. The molecule has 3 aromatic rings. The predicted octanol–water partition coefficient (Wildman–Crippen LogP) is 3.36. The summed E-state index contributed by atoms with van der Waals surface area (Å²) in [4.78, 5) is 14.0. The van der Waals surface area contributed by atoms with Crippen LogP contribution in [0.15, 0.2) is 42.5 Å². The number of fused-ring (bicyclic) bond motifs is 1. The van der Waals surface area contributed by atoms with Gasteiger partial charge in [-0.1, -0.05) is 12.1 Å². The molecule has 174 valence electrons. The van der Waals surface area contributed by atoms with Crippen LogP contribution < -0.4 is 21.7 Å². The van der Waals surface area contributed by atoms with Gasteiger partial charge in [0.05, 0.1) is 11.2 Å². The van der Waals surface area contributed by atoms with Crippen molar-refractivity contribution in [2.24, 2.45) is 5.92 Å². The van der Waals surface area contributed by atoms with Gasteiger partial charge >= 0.3 is 0 Å². The maximum Gasteiger partial charge on any atom is 0.221 e. The summed E-state index contributed by atoms with van der Waals surface area (Å²) in [5.41, 5.74) is 16.5. The Bertz CT molecular complexity index is 1060. The molecule has 0 saturated carbocycles. The minimum absolute atomic E-state index is 0.270. The molecule has 0 unspecified atom stereocenters. The van der Waals surface area contributed by atoms with Gasteiger partial charge in [-0.25, -0.2) is 9.97 Å². The molecule has 2 saturated heterocycles. The van der Waals surface area contributed by atoms with E-state index in [0.29, 0.717) is 5.69 Å². The number of rotatable bonds is 6. The van der Waals surface area contributed by atoms with Crippen LogP contribution in [0.5, 0.6) is 0 Å². The second-order valence-electron chi connectivity index (χ2n) is 9.42. The lowest BCUT2D eigenvalue weighted by Gasteiger charge is -2.34. The summed E-state index contributed by atoms with van der Waals surface area (Å²) in [7, 11) is 0. The Hall–Kier alpha value is -2.90. The molecule has 5 rings (SSSR count). The molecule has 0 aliphatic carbocycles. The molecule has 2 aliphatic rings. The Morgan fingerprint density at radius 3 is 2.42 bits per heavy atom. The summed E-state index contributed by atoms with van der Waals surface area (Å²) in [5, 5.41) is 4.40. The Morgan fingerprint density at radius 2 is 1.67 bits per heavy atom. The predicted molar refractivity (Wildman–Crippen MR) is 137 cm³/mol. The average Bonchev–Trinajstić information content (AvgIpc) is 2.84. The number of piperazine rings is 1. The lowest BCUT2D eigenvalue weighted by molar-refractivity contribution is 0.227. The van der Waals surface area contributed by atoms with E-state index in [2.05, 4.69) is 49.4 Å². The van der Waals surface area contributed by atoms with Crippen LogP contribution >= 0.6 is 0 Å². The van der Waals surface area contributed by atoms with E-state index in [9.17, 15) is 0 Å². The first-order chi connectivity index (χ1) is 16.2.